The van der Waals surface area contributed by atoms with E-state index in [0.717, 1.165) is 28.0 Å². The standard InChI is InChI=1S/C29H22ClN3O2/c1-20-7-9-21(10-8-20)27-19-33(32-28(27)22-11-13-23(30)14-12-22)29(34)31-24-15-17-26(18-16-24)35-25-5-3-2-4-6-25/h2-19H,1H3,(H,31,34). The molecule has 4 aromatic carbocycles. The summed E-state index contributed by atoms with van der Waals surface area (Å²) in [7, 11) is 0. The van der Waals surface area contributed by atoms with Crippen molar-refractivity contribution >= 4 is 23.3 Å². The van der Waals surface area contributed by atoms with Gasteiger partial charge in [0.15, 0.2) is 0 Å². The first-order valence-electron chi connectivity index (χ1n) is 11.1. The second-order valence-corrected chi connectivity index (χ2v) is 8.51. The van der Waals surface area contributed by atoms with Gasteiger partial charge in [-0.2, -0.15) is 9.78 Å². The van der Waals surface area contributed by atoms with Gasteiger partial charge >= 0.3 is 6.03 Å². The van der Waals surface area contributed by atoms with E-state index in [1.807, 2.05) is 97.9 Å². The number of halogens is 1. The van der Waals surface area contributed by atoms with Gasteiger partial charge < -0.3 is 10.1 Å². The Morgan fingerprint density at radius 2 is 1.43 bits per heavy atom. The van der Waals surface area contributed by atoms with E-state index < -0.39 is 0 Å². The number of amides is 1. The van der Waals surface area contributed by atoms with Crippen molar-refractivity contribution in [3.05, 3.63) is 120 Å². The van der Waals surface area contributed by atoms with Crippen molar-refractivity contribution in [3.8, 4) is 33.9 Å². The molecule has 0 radical (unpaired) electrons. The quantitative estimate of drug-likeness (QED) is 0.277. The number of anilines is 1. The lowest BCUT2D eigenvalue weighted by molar-refractivity contribution is 0.251. The molecule has 0 aliphatic heterocycles. The molecule has 6 heteroatoms. The first kappa shape index (κ1) is 22.4. The third-order valence-electron chi connectivity index (χ3n) is 5.49. The van der Waals surface area contributed by atoms with Gasteiger partial charge in [0.05, 0.1) is 0 Å². The zero-order valence-electron chi connectivity index (χ0n) is 19.0. The Morgan fingerprint density at radius 1 is 0.800 bits per heavy atom. The van der Waals surface area contributed by atoms with E-state index in [9.17, 15) is 4.79 Å². The molecule has 1 heterocycles. The Bertz CT molecular complexity index is 1380. The number of aryl methyl sites for hydroxylation is 1. The second kappa shape index (κ2) is 9.87. The van der Waals surface area contributed by atoms with Crippen LogP contribution in [-0.4, -0.2) is 15.8 Å². The lowest BCUT2D eigenvalue weighted by Gasteiger charge is -2.08. The lowest BCUT2D eigenvalue weighted by Crippen LogP contribution is -2.19. The largest absolute Gasteiger partial charge is 0.457 e. The normalized spacial score (nSPS) is 10.7. The van der Waals surface area contributed by atoms with Crippen LogP contribution in [0.4, 0.5) is 10.5 Å². The summed E-state index contributed by atoms with van der Waals surface area (Å²) < 4.78 is 7.14. The van der Waals surface area contributed by atoms with Crippen molar-refractivity contribution in [1.82, 2.24) is 9.78 Å². The average molecular weight is 480 g/mol. The van der Waals surface area contributed by atoms with Gasteiger partial charge in [-0.1, -0.05) is 71.8 Å². The van der Waals surface area contributed by atoms with Crippen LogP contribution >= 0.6 is 11.6 Å². The molecule has 172 valence electrons. The van der Waals surface area contributed by atoms with E-state index in [2.05, 4.69) is 10.4 Å². The zero-order valence-corrected chi connectivity index (χ0v) is 19.7. The number of hydrogen-bond donors (Lipinski definition) is 1. The van der Waals surface area contributed by atoms with Crippen molar-refractivity contribution in [2.24, 2.45) is 0 Å². The molecule has 0 fully saturated rings. The Kier molecular flexibility index (Phi) is 6.33. The van der Waals surface area contributed by atoms with Crippen LogP contribution in [0.1, 0.15) is 5.56 Å². The molecule has 0 unspecified atom stereocenters. The van der Waals surface area contributed by atoms with Gasteiger partial charge in [-0.15, -0.1) is 0 Å². The van der Waals surface area contributed by atoms with Crippen LogP contribution in [0, 0.1) is 6.92 Å². The van der Waals surface area contributed by atoms with E-state index in [4.69, 9.17) is 16.3 Å². The molecular formula is C29H22ClN3O2. The molecule has 1 N–H and O–H groups in total. The molecule has 5 aromatic rings. The molecule has 1 amide bonds. The first-order valence-corrected chi connectivity index (χ1v) is 11.5. The summed E-state index contributed by atoms with van der Waals surface area (Å²) in [4.78, 5) is 13.1. The van der Waals surface area contributed by atoms with Crippen LogP contribution in [0.2, 0.25) is 5.02 Å². The number of aromatic nitrogens is 2. The third kappa shape index (κ3) is 5.26. The number of nitrogens with zero attached hydrogens (tertiary/aromatic N) is 2. The van der Waals surface area contributed by atoms with Crippen LogP contribution in [0.15, 0.2) is 109 Å². The highest BCUT2D eigenvalue weighted by Crippen LogP contribution is 2.32. The van der Waals surface area contributed by atoms with Gasteiger partial charge in [-0.25, -0.2) is 4.79 Å². The highest BCUT2D eigenvalue weighted by molar-refractivity contribution is 6.30. The summed E-state index contributed by atoms with van der Waals surface area (Å²) in [5.74, 6) is 1.43. The minimum absolute atomic E-state index is 0.365. The zero-order chi connectivity index (χ0) is 24.2. The molecule has 5 nitrogen and oxygen atoms in total. The topological polar surface area (TPSA) is 56.2 Å². The fourth-order valence-electron chi connectivity index (χ4n) is 3.65. The van der Waals surface area contributed by atoms with Crippen LogP contribution in [0.3, 0.4) is 0 Å². The van der Waals surface area contributed by atoms with Crippen molar-refractivity contribution in [2.75, 3.05) is 5.32 Å². The second-order valence-electron chi connectivity index (χ2n) is 8.08. The molecule has 0 spiro atoms. The fourth-order valence-corrected chi connectivity index (χ4v) is 3.78. The number of nitrogens with one attached hydrogen (secondary N) is 1. The Morgan fingerprint density at radius 3 is 2.11 bits per heavy atom. The molecule has 0 atom stereocenters. The number of rotatable bonds is 5. The Hall–Kier alpha value is -4.35. The van der Waals surface area contributed by atoms with Crippen LogP contribution in [0.25, 0.3) is 22.4 Å². The molecular weight excluding hydrogens is 458 g/mol. The number of hydrogen-bond acceptors (Lipinski definition) is 3. The minimum atomic E-state index is -0.365. The molecule has 0 saturated carbocycles. The summed E-state index contributed by atoms with van der Waals surface area (Å²) in [5, 5.41) is 8.15. The number of carbonyl (C=O) groups excluding carboxylic acids is 1. The Labute approximate surface area is 208 Å². The highest BCUT2D eigenvalue weighted by atomic mass is 35.5. The van der Waals surface area contributed by atoms with Crippen LogP contribution in [-0.2, 0) is 0 Å². The van der Waals surface area contributed by atoms with Crippen LogP contribution < -0.4 is 10.1 Å². The molecule has 0 saturated heterocycles. The molecule has 5 rings (SSSR count). The lowest BCUT2D eigenvalue weighted by atomic mass is 10.0. The molecule has 0 aliphatic rings. The highest BCUT2D eigenvalue weighted by Gasteiger charge is 2.17. The van der Waals surface area contributed by atoms with E-state index in [1.54, 1.807) is 18.3 Å². The maximum atomic E-state index is 13.1. The smallest absolute Gasteiger partial charge is 0.346 e. The van der Waals surface area contributed by atoms with E-state index >= 15 is 0 Å². The summed E-state index contributed by atoms with van der Waals surface area (Å²) in [6, 6.07) is 31.9. The number of benzene rings is 4. The van der Waals surface area contributed by atoms with Crippen molar-refractivity contribution < 1.29 is 9.53 Å². The Balaban J connectivity index is 1.40. The van der Waals surface area contributed by atoms with Gasteiger partial charge in [0.2, 0.25) is 0 Å². The SMILES string of the molecule is Cc1ccc(-c2cn(C(=O)Nc3ccc(Oc4ccccc4)cc3)nc2-c2ccc(Cl)cc2)cc1. The van der Waals surface area contributed by atoms with E-state index in [-0.39, 0.29) is 6.03 Å². The van der Waals surface area contributed by atoms with E-state index in [1.165, 1.54) is 4.68 Å². The number of carbonyl (C=O) groups is 1. The summed E-state index contributed by atoms with van der Waals surface area (Å²) >= 11 is 6.08. The van der Waals surface area contributed by atoms with Crippen LogP contribution in [0.5, 0.6) is 11.5 Å². The van der Waals surface area contributed by atoms with Gasteiger partial charge in [-0.05, 0) is 61.0 Å². The number of ether oxygens (including phenoxy) is 1. The van der Waals surface area contributed by atoms with Crippen molar-refractivity contribution in [2.45, 2.75) is 6.92 Å². The van der Waals surface area contributed by atoms with Gasteiger partial charge in [0.25, 0.3) is 0 Å². The maximum Gasteiger partial charge on any atom is 0.346 e. The van der Waals surface area contributed by atoms with Gasteiger partial charge in [-0.3, -0.25) is 0 Å². The van der Waals surface area contributed by atoms with Crippen molar-refractivity contribution in [3.63, 3.8) is 0 Å². The average Bonchev–Trinajstić information content (AvgIpc) is 3.32. The summed E-state index contributed by atoms with van der Waals surface area (Å²) in [5.41, 5.74) is 5.20. The summed E-state index contributed by atoms with van der Waals surface area (Å²) in [6.45, 7) is 2.04. The monoisotopic (exact) mass is 479 g/mol. The summed E-state index contributed by atoms with van der Waals surface area (Å²) in [6.07, 6.45) is 1.75. The maximum absolute atomic E-state index is 13.1. The van der Waals surface area contributed by atoms with Gasteiger partial charge in [0, 0.05) is 28.0 Å². The minimum Gasteiger partial charge on any atom is -0.457 e. The number of para-hydroxylation sites is 1. The molecule has 0 bridgehead atoms. The van der Waals surface area contributed by atoms with Gasteiger partial charge in [0.1, 0.15) is 17.2 Å². The fraction of sp³-hybridized carbons (Fsp3) is 0.0345. The van der Waals surface area contributed by atoms with Crippen molar-refractivity contribution in [1.29, 1.82) is 0 Å². The molecule has 35 heavy (non-hydrogen) atoms. The molecule has 1 aromatic heterocycles. The third-order valence-corrected chi connectivity index (χ3v) is 5.74. The predicted octanol–water partition coefficient (Wildman–Crippen LogP) is 8.05. The molecule has 0 aliphatic carbocycles. The predicted molar refractivity (Wildman–Crippen MR) is 140 cm³/mol. The first-order chi connectivity index (χ1) is 17.0. The van der Waals surface area contributed by atoms with E-state index in [0.29, 0.717) is 22.2 Å².